The maximum absolute atomic E-state index is 5.62. The van der Waals surface area contributed by atoms with Crippen molar-refractivity contribution in [2.75, 3.05) is 13.7 Å². The van der Waals surface area contributed by atoms with E-state index in [1.807, 2.05) is 48.8 Å². The summed E-state index contributed by atoms with van der Waals surface area (Å²) >= 11 is 0. The van der Waals surface area contributed by atoms with Gasteiger partial charge in [-0.3, -0.25) is 0 Å². The summed E-state index contributed by atoms with van der Waals surface area (Å²) in [6.07, 6.45) is 4.05. The largest absolute Gasteiger partial charge is 0.497 e. The molecule has 2 aromatic rings. The molecule has 0 aliphatic rings. The molecule has 0 saturated heterocycles. The van der Waals surface area contributed by atoms with Crippen LogP contribution in [-0.4, -0.2) is 18.3 Å². The molecular weight excluding hydrogens is 202 g/mol. The highest BCUT2D eigenvalue weighted by Gasteiger charge is 1.96. The Morgan fingerprint density at radius 3 is 2.56 bits per heavy atom. The van der Waals surface area contributed by atoms with Gasteiger partial charge < -0.3 is 14.0 Å². The van der Waals surface area contributed by atoms with Crippen molar-refractivity contribution in [2.24, 2.45) is 0 Å². The van der Waals surface area contributed by atoms with Gasteiger partial charge in [-0.15, -0.1) is 0 Å². The maximum atomic E-state index is 5.62. The molecule has 1 heterocycles. The molecule has 0 atom stereocenters. The average Bonchev–Trinajstić information content (AvgIpc) is 2.82. The molecule has 0 amide bonds. The standard InChI is InChI=1S/C13H15NO2/c1-15-12-5-4-6-13(11-12)16-10-9-14-7-2-3-8-14/h2-8,11H,9-10H2,1H3. The smallest absolute Gasteiger partial charge is 0.123 e. The minimum atomic E-state index is 0.655. The Labute approximate surface area is 95.2 Å². The summed E-state index contributed by atoms with van der Waals surface area (Å²) in [5.41, 5.74) is 0. The van der Waals surface area contributed by atoms with Crippen LogP contribution in [0, 0.1) is 0 Å². The van der Waals surface area contributed by atoms with Crippen molar-refractivity contribution in [2.45, 2.75) is 6.54 Å². The highest BCUT2D eigenvalue weighted by Crippen LogP contribution is 2.18. The molecule has 0 aliphatic carbocycles. The molecule has 1 aromatic heterocycles. The van der Waals surface area contributed by atoms with Crippen molar-refractivity contribution in [3.8, 4) is 11.5 Å². The van der Waals surface area contributed by atoms with Crippen LogP contribution in [0.15, 0.2) is 48.8 Å². The van der Waals surface area contributed by atoms with Gasteiger partial charge in [-0.25, -0.2) is 0 Å². The predicted molar refractivity (Wildman–Crippen MR) is 62.9 cm³/mol. The Balaban J connectivity index is 1.85. The number of nitrogens with zero attached hydrogens (tertiary/aromatic N) is 1. The zero-order chi connectivity index (χ0) is 11.2. The first-order chi connectivity index (χ1) is 7.88. The van der Waals surface area contributed by atoms with Crippen LogP contribution in [-0.2, 0) is 6.54 Å². The fraction of sp³-hybridized carbons (Fsp3) is 0.231. The minimum Gasteiger partial charge on any atom is -0.497 e. The monoisotopic (exact) mass is 217 g/mol. The second-order valence-electron chi connectivity index (χ2n) is 3.45. The molecule has 0 radical (unpaired) electrons. The van der Waals surface area contributed by atoms with Crippen LogP contribution >= 0.6 is 0 Å². The topological polar surface area (TPSA) is 23.4 Å². The first kappa shape index (κ1) is 10.6. The third kappa shape index (κ3) is 2.79. The minimum absolute atomic E-state index is 0.655. The molecule has 2 rings (SSSR count). The predicted octanol–water partition coefficient (Wildman–Crippen LogP) is 2.58. The molecule has 0 saturated carbocycles. The lowest BCUT2D eigenvalue weighted by Crippen LogP contribution is -2.06. The molecule has 16 heavy (non-hydrogen) atoms. The summed E-state index contributed by atoms with van der Waals surface area (Å²) in [5.74, 6) is 1.66. The quantitative estimate of drug-likeness (QED) is 0.768. The second-order valence-corrected chi connectivity index (χ2v) is 3.45. The van der Waals surface area contributed by atoms with Gasteiger partial charge in [0.2, 0.25) is 0 Å². The molecular formula is C13H15NO2. The second kappa shape index (κ2) is 5.26. The number of methoxy groups -OCH3 is 1. The number of hydrogen-bond donors (Lipinski definition) is 0. The highest BCUT2D eigenvalue weighted by molar-refractivity contribution is 5.32. The van der Waals surface area contributed by atoms with Crippen LogP contribution in [0.2, 0.25) is 0 Å². The normalized spacial score (nSPS) is 10.1. The zero-order valence-corrected chi connectivity index (χ0v) is 9.30. The SMILES string of the molecule is COc1cccc(OCCn2cccc2)c1. The van der Waals surface area contributed by atoms with E-state index in [9.17, 15) is 0 Å². The number of ether oxygens (including phenoxy) is 2. The third-order valence-corrected chi connectivity index (χ3v) is 2.33. The lowest BCUT2D eigenvalue weighted by atomic mass is 10.3. The Morgan fingerprint density at radius 1 is 1.06 bits per heavy atom. The van der Waals surface area contributed by atoms with E-state index < -0.39 is 0 Å². The van der Waals surface area contributed by atoms with Gasteiger partial charge in [0.1, 0.15) is 18.1 Å². The first-order valence-corrected chi connectivity index (χ1v) is 5.26. The molecule has 84 valence electrons. The molecule has 0 aliphatic heterocycles. The van der Waals surface area contributed by atoms with Crippen LogP contribution < -0.4 is 9.47 Å². The lowest BCUT2D eigenvalue weighted by Gasteiger charge is -2.08. The van der Waals surface area contributed by atoms with Crippen molar-refractivity contribution in [1.29, 1.82) is 0 Å². The van der Waals surface area contributed by atoms with Crippen LogP contribution in [0.5, 0.6) is 11.5 Å². The molecule has 1 aromatic carbocycles. The zero-order valence-electron chi connectivity index (χ0n) is 9.30. The third-order valence-electron chi connectivity index (χ3n) is 2.33. The Bertz CT molecular complexity index is 423. The van der Waals surface area contributed by atoms with Crippen molar-refractivity contribution in [1.82, 2.24) is 4.57 Å². The fourth-order valence-corrected chi connectivity index (χ4v) is 1.48. The summed E-state index contributed by atoms with van der Waals surface area (Å²) < 4.78 is 12.8. The van der Waals surface area contributed by atoms with E-state index in [-0.39, 0.29) is 0 Å². The average molecular weight is 217 g/mol. The van der Waals surface area contributed by atoms with Gasteiger partial charge in [-0.05, 0) is 24.3 Å². The fourth-order valence-electron chi connectivity index (χ4n) is 1.48. The van der Waals surface area contributed by atoms with E-state index in [4.69, 9.17) is 9.47 Å². The van der Waals surface area contributed by atoms with Crippen LogP contribution in [0.1, 0.15) is 0 Å². The number of aromatic nitrogens is 1. The Morgan fingerprint density at radius 2 is 1.81 bits per heavy atom. The van der Waals surface area contributed by atoms with Gasteiger partial charge in [0.25, 0.3) is 0 Å². The van der Waals surface area contributed by atoms with Crippen LogP contribution in [0.4, 0.5) is 0 Å². The van der Waals surface area contributed by atoms with Crippen molar-refractivity contribution in [3.63, 3.8) is 0 Å². The Hall–Kier alpha value is -1.90. The summed E-state index contributed by atoms with van der Waals surface area (Å²) in [7, 11) is 1.65. The molecule has 0 unspecified atom stereocenters. The summed E-state index contributed by atoms with van der Waals surface area (Å²) in [6.45, 7) is 1.51. The van der Waals surface area contributed by atoms with Gasteiger partial charge in [-0.2, -0.15) is 0 Å². The van der Waals surface area contributed by atoms with E-state index in [1.54, 1.807) is 7.11 Å². The maximum Gasteiger partial charge on any atom is 0.123 e. The van der Waals surface area contributed by atoms with Crippen molar-refractivity contribution in [3.05, 3.63) is 48.8 Å². The van der Waals surface area contributed by atoms with E-state index in [0.29, 0.717) is 6.61 Å². The molecule has 3 nitrogen and oxygen atoms in total. The molecule has 0 N–H and O–H groups in total. The molecule has 3 heteroatoms. The van der Waals surface area contributed by atoms with Gasteiger partial charge in [0.05, 0.1) is 13.7 Å². The number of rotatable bonds is 5. The van der Waals surface area contributed by atoms with Crippen LogP contribution in [0.25, 0.3) is 0 Å². The van der Waals surface area contributed by atoms with E-state index in [0.717, 1.165) is 18.0 Å². The van der Waals surface area contributed by atoms with Crippen molar-refractivity contribution < 1.29 is 9.47 Å². The van der Waals surface area contributed by atoms with E-state index in [1.165, 1.54) is 0 Å². The summed E-state index contributed by atoms with van der Waals surface area (Å²) in [6, 6.07) is 11.6. The van der Waals surface area contributed by atoms with Crippen LogP contribution in [0.3, 0.4) is 0 Å². The van der Waals surface area contributed by atoms with E-state index in [2.05, 4.69) is 4.57 Å². The van der Waals surface area contributed by atoms with Gasteiger partial charge in [0.15, 0.2) is 0 Å². The summed E-state index contributed by atoms with van der Waals surface area (Å²) in [5, 5.41) is 0. The summed E-state index contributed by atoms with van der Waals surface area (Å²) in [4.78, 5) is 0. The molecule has 0 fully saturated rings. The lowest BCUT2D eigenvalue weighted by molar-refractivity contribution is 0.296. The highest BCUT2D eigenvalue weighted by atomic mass is 16.5. The molecule has 0 spiro atoms. The number of benzene rings is 1. The Kier molecular flexibility index (Phi) is 3.49. The van der Waals surface area contributed by atoms with Crippen molar-refractivity contribution >= 4 is 0 Å². The molecule has 0 bridgehead atoms. The first-order valence-electron chi connectivity index (χ1n) is 5.26. The van der Waals surface area contributed by atoms with Gasteiger partial charge >= 0.3 is 0 Å². The van der Waals surface area contributed by atoms with E-state index >= 15 is 0 Å². The number of hydrogen-bond acceptors (Lipinski definition) is 2. The van der Waals surface area contributed by atoms with Gasteiger partial charge in [-0.1, -0.05) is 6.07 Å². The van der Waals surface area contributed by atoms with Gasteiger partial charge in [0, 0.05) is 18.5 Å².